The average Bonchev–Trinajstić information content (AvgIpc) is 2.67. The molecule has 7 nitrogen and oxygen atoms in total. The molecular weight excluding hydrogens is 416 g/mol. The van der Waals surface area contributed by atoms with Crippen LogP contribution in [0.25, 0.3) is 6.08 Å². The van der Waals surface area contributed by atoms with Gasteiger partial charge in [-0.1, -0.05) is 11.6 Å². The molecule has 0 spiro atoms. The summed E-state index contributed by atoms with van der Waals surface area (Å²) in [7, 11) is 0.900. The highest BCUT2D eigenvalue weighted by molar-refractivity contribution is 7.89. The SMILES string of the molecule is CCOc1cc(/C=C/C(=O)Nc2ccc(S(=O)(=O)N(C)C)cc2)cc(Cl)c1OC. The van der Waals surface area contributed by atoms with Gasteiger partial charge in [-0.15, -0.1) is 0 Å². The third-order valence-electron chi connectivity index (χ3n) is 3.86. The summed E-state index contributed by atoms with van der Waals surface area (Å²) >= 11 is 6.20. The van der Waals surface area contributed by atoms with Crippen LogP contribution in [0.4, 0.5) is 5.69 Å². The van der Waals surface area contributed by atoms with Crippen LogP contribution in [0.1, 0.15) is 12.5 Å². The molecular formula is C20H23ClN2O5S. The largest absolute Gasteiger partial charge is 0.491 e. The molecule has 2 aromatic rings. The summed E-state index contributed by atoms with van der Waals surface area (Å²) in [5.74, 6) is 0.543. The number of carbonyl (C=O) groups is 1. The standard InChI is InChI=1S/C20H23ClN2O5S/c1-5-28-18-13-14(12-17(21)20(18)27-4)6-11-19(24)22-15-7-9-16(10-8-15)29(25,26)23(2)3/h6-13H,5H2,1-4H3,(H,22,24)/b11-6+. The van der Waals surface area contributed by atoms with Gasteiger partial charge < -0.3 is 14.8 Å². The Labute approximate surface area is 175 Å². The highest BCUT2D eigenvalue weighted by Crippen LogP contribution is 2.36. The lowest BCUT2D eigenvalue weighted by molar-refractivity contribution is -0.111. The zero-order valence-electron chi connectivity index (χ0n) is 16.6. The second kappa shape index (κ2) is 9.78. The fourth-order valence-electron chi connectivity index (χ4n) is 2.42. The van der Waals surface area contributed by atoms with E-state index >= 15 is 0 Å². The Hall–Kier alpha value is -2.55. The van der Waals surface area contributed by atoms with Gasteiger partial charge in [-0.25, -0.2) is 12.7 Å². The third-order valence-corrected chi connectivity index (χ3v) is 5.97. The number of nitrogens with one attached hydrogen (secondary N) is 1. The van der Waals surface area contributed by atoms with Crippen LogP contribution in [0.15, 0.2) is 47.4 Å². The molecule has 9 heteroatoms. The number of methoxy groups -OCH3 is 1. The molecule has 1 N–H and O–H groups in total. The number of amides is 1. The van der Waals surface area contributed by atoms with Crippen molar-refractivity contribution < 1.29 is 22.7 Å². The number of hydrogen-bond acceptors (Lipinski definition) is 5. The van der Waals surface area contributed by atoms with Crippen LogP contribution in [0, 0.1) is 0 Å². The van der Waals surface area contributed by atoms with Gasteiger partial charge in [0, 0.05) is 25.9 Å². The molecule has 0 aliphatic rings. The van der Waals surface area contributed by atoms with E-state index < -0.39 is 10.0 Å². The zero-order chi connectivity index (χ0) is 21.6. The van der Waals surface area contributed by atoms with Crippen molar-refractivity contribution in [2.24, 2.45) is 0 Å². The smallest absolute Gasteiger partial charge is 0.248 e. The number of halogens is 1. The van der Waals surface area contributed by atoms with E-state index in [9.17, 15) is 13.2 Å². The zero-order valence-corrected chi connectivity index (χ0v) is 18.2. The van der Waals surface area contributed by atoms with Gasteiger partial charge >= 0.3 is 0 Å². The normalized spacial score (nSPS) is 11.7. The van der Waals surface area contributed by atoms with E-state index in [-0.39, 0.29) is 10.8 Å². The minimum atomic E-state index is -3.52. The Bertz CT molecular complexity index is 1000. The fourth-order valence-corrected chi connectivity index (χ4v) is 3.62. The van der Waals surface area contributed by atoms with Crippen LogP contribution in [0.3, 0.4) is 0 Å². The molecule has 0 unspecified atom stereocenters. The van der Waals surface area contributed by atoms with Crippen molar-refractivity contribution >= 4 is 39.3 Å². The van der Waals surface area contributed by atoms with Crippen LogP contribution in [0.2, 0.25) is 5.02 Å². The highest BCUT2D eigenvalue weighted by atomic mass is 35.5. The Morgan fingerprint density at radius 3 is 2.41 bits per heavy atom. The summed E-state index contributed by atoms with van der Waals surface area (Å²) in [6.07, 6.45) is 2.94. The van der Waals surface area contributed by atoms with E-state index in [1.807, 2.05) is 6.92 Å². The molecule has 0 aliphatic carbocycles. The summed E-state index contributed by atoms with van der Waals surface area (Å²) in [5.41, 5.74) is 1.14. The van der Waals surface area contributed by atoms with E-state index in [2.05, 4.69) is 5.32 Å². The molecule has 0 saturated carbocycles. The van der Waals surface area contributed by atoms with Crippen molar-refractivity contribution in [3.63, 3.8) is 0 Å². The Kier molecular flexibility index (Phi) is 7.66. The van der Waals surface area contributed by atoms with E-state index in [1.54, 1.807) is 18.2 Å². The molecule has 156 valence electrons. The molecule has 0 heterocycles. The van der Waals surface area contributed by atoms with Crippen molar-refractivity contribution in [2.75, 3.05) is 33.1 Å². The van der Waals surface area contributed by atoms with E-state index in [0.29, 0.717) is 34.4 Å². The first-order valence-electron chi connectivity index (χ1n) is 8.71. The molecule has 0 radical (unpaired) electrons. The number of carbonyl (C=O) groups excluding carboxylic acids is 1. The Morgan fingerprint density at radius 1 is 1.21 bits per heavy atom. The summed E-state index contributed by atoms with van der Waals surface area (Å²) in [6, 6.07) is 9.31. The van der Waals surface area contributed by atoms with Crippen molar-refractivity contribution in [2.45, 2.75) is 11.8 Å². The summed E-state index contributed by atoms with van der Waals surface area (Å²) in [5, 5.41) is 3.05. The molecule has 1 amide bonds. The number of nitrogens with zero attached hydrogens (tertiary/aromatic N) is 1. The number of sulfonamides is 1. The monoisotopic (exact) mass is 438 g/mol. The van der Waals surface area contributed by atoms with Gasteiger partial charge in [-0.3, -0.25) is 4.79 Å². The molecule has 0 bridgehead atoms. The van der Waals surface area contributed by atoms with Crippen LogP contribution < -0.4 is 14.8 Å². The number of benzene rings is 2. The van der Waals surface area contributed by atoms with Gasteiger partial charge in [0.05, 0.1) is 23.6 Å². The second-order valence-corrected chi connectivity index (χ2v) is 8.66. The molecule has 0 atom stereocenters. The highest BCUT2D eigenvalue weighted by Gasteiger charge is 2.16. The predicted molar refractivity (Wildman–Crippen MR) is 114 cm³/mol. The lowest BCUT2D eigenvalue weighted by atomic mass is 10.2. The first-order valence-corrected chi connectivity index (χ1v) is 10.5. The van der Waals surface area contributed by atoms with Crippen LogP contribution in [0.5, 0.6) is 11.5 Å². The molecule has 0 aromatic heterocycles. The Balaban J connectivity index is 2.12. The van der Waals surface area contributed by atoms with Gasteiger partial charge in [-0.2, -0.15) is 0 Å². The van der Waals surface area contributed by atoms with Crippen LogP contribution in [-0.4, -0.2) is 46.4 Å². The topological polar surface area (TPSA) is 84.9 Å². The first kappa shape index (κ1) is 22.7. The molecule has 2 aromatic carbocycles. The van der Waals surface area contributed by atoms with Crippen molar-refractivity contribution in [3.05, 3.63) is 53.1 Å². The number of ether oxygens (including phenoxy) is 2. The van der Waals surface area contributed by atoms with Crippen LogP contribution in [-0.2, 0) is 14.8 Å². The van der Waals surface area contributed by atoms with Crippen molar-refractivity contribution in [1.29, 1.82) is 0 Å². The summed E-state index contributed by atoms with van der Waals surface area (Å²) in [4.78, 5) is 12.3. The number of rotatable bonds is 8. The maximum atomic E-state index is 12.2. The maximum Gasteiger partial charge on any atom is 0.248 e. The quantitative estimate of drug-likeness (QED) is 0.636. The molecule has 0 saturated heterocycles. The van der Waals surface area contributed by atoms with E-state index in [1.165, 1.54) is 51.5 Å². The third kappa shape index (κ3) is 5.72. The summed E-state index contributed by atoms with van der Waals surface area (Å²) in [6.45, 7) is 2.29. The van der Waals surface area contributed by atoms with E-state index in [4.69, 9.17) is 21.1 Å². The molecule has 29 heavy (non-hydrogen) atoms. The van der Waals surface area contributed by atoms with Gasteiger partial charge in [-0.05, 0) is 55.0 Å². The van der Waals surface area contributed by atoms with Gasteiger partial charge in [0.1, 0.15) is 0 Å². The first-order chi connectivity index (χ1) is 13.7. The average molecular weight is 439 g/mol. The van der Waals surface area contributed by atoms with Crippen molar-refractivity contribution in [3.8, 4) is 11.5 Å². The van der Waals surface area contributed by atoms with Gasteiger partial charge in [0.2, 0.25) is 15.9 Å². The lowest BCUT2D eigenvalue weighted by Crippen LogP contribution is -2.22. The van der Waals surface area contributed by atoms with Crippen molar-refractivity contribution in [1.82, 2.24) is 4.31 Å². The minimum absolute atomic E-state index is 0.146. The number of hydrogen-bond donors (Lipinski definition) is 1. The maximum absolute atomic E-state index is 12.2. The fraction of sp³-hybridized carbons (Fsp3) is 0.250. The summed E-state index contributed by atoms with van der Waals surface area (Å²) < 4.78 is 36.0. The number of anilines is 1. The van der Waals surface area contributed by atoms with E-state index in [0.717, 1.165) is 4.31 Å². The van der Waals surface area contributed by atoms with Gasteiger partial charge in [0.25, 0.3) is 0 Å². The minimum Gasteiger partial charge on any atom is -0.491 e. The lowest BCUT2D eigenvalue weighted by Gasteiger charge is -2.12. The van der Waals surface area contributed by atoms with Gasteiger partial charge in [0.15, 0.2) is 11.5 Å². The predicted octanol–water partition coefficient (Wildman–Crippen LogP) is 3.65. The Morgan fingerprint density at radius 2 is 1.86 bits per heavy atom. The van der Waals surface area contributed by atoms with Crippen LogP contribution >= 0.6 is 11.6 Å². The molecule has 2 rings (SSSR count). The molecule has 0 fully saturated rings. The second-order valence-electron chi connectivity index (χ2n) is 6.10. The molecule has 0 aliphatic heterocycles.